The van der Waals surface area contributed by atoms with Crippen LogP contribution in [-0.2, 0) is 6.42 Å². The van der Waals surface area contributed by atoms with Crippen LogP contribution in [0.3, 0.4) is 0 Å². The van der Waals surface area contributed by atoms with Crippen LogP contribution in [0.2, 0.25) is 0 Å². The van der Waals surface area contributed by atoms with Gasteiger partial charge in [0.2, 0.25) is 0 Å². The van der Waals surface area contributed by atoms with Crippen molar-refractivity contribution in [1.82, 2.24) is 10.4 Å². The lowest BCUT2D eigenvalue weighted by atomic mass is 10.0. The van der Waals surface area contributed by atoms with Crippen LogP contribution < -0.4 is 11.3 Å². The van der Waals surface area contributed by atoms with Gasteiger partial charge in [-0.15, -0.1) is 0 Å². The number of thioether (sulfide) groups is 2. The Morgan fingerprint density at radius 2 is 2.12 bits per heavy atom. The predicted molar refractivity (Wildman–Crippen MR) is 77.2 cm³/mol. The van der Waals surface area contributed by atoms with Crippen LogP contribution in [0.4, 0.5) is 0 Å². The largest absolute Gasteiger partial charge is 0.271 e. The third-order valence-electron chi connectivity index (χ3n) is 3.05. The molecule has 1 aliphatic heterocycles. The first-order valence-electron chi connectivity index (χ1n) is 5.89. The van der Waals surface area contributed by atoms with Gasteiger partial charge in [-0.2, -0.15) is 23.5 Å². The number of hydrogen-bond donors (Lipinski definition) is 2. The number of nitrogens with two attached hydrogens (primary N) is 1. The average Bonchev–Trinajstić information content (AvgIpc) is 2.38. The number of hydrazine groups is 1. The highest BCUT2D eigenvalue weighted by Crippen LogP contribution is 2.33. The molecule has 3 unspecified atom stereocenters. The molecule has 0 radical (unpaired) electrons. The van der Waals surface area contributed by atoms with Crippen molar-refractivity contribution < 1.29 is 0 Å². The predicted octanol–water partition coefficient (Wildman–Crippen LogP) is 1.69. The minimum absolute atomic E-state index is 0.338. The van der Waals surface area contributed by atoms with Crippen molar-refractivity contribution in [2.75, 3.05) is 11.5 Å². The molecule has 0 spiro atoms. The van der Waals surface area contributed by atoms with Gasteiger partial charge in [0.15, 0.2) is 0 Å². The fourth-order valence-corrected chi connectivity index (χ4v) is 5.08. The van der Waals surface area contributed by atoms with E-state index in [0.29, 0.717) is 16.5 Å². The summed E-state index contributed by atoms with van der Waals surface area (Å²) in [6.45, 7) is 2.30. The summed E-state index contributed by atoms with van der Waals surface area (Å²) in [4.78, 5) is 4.04. The Morgan fingerprint density at radius 3 is 2.76 bits per heavy atom. The van der Waals surface area contributed by atoms with Gasteiger partial charge in [-0.3, -0.25) is 16.3 Å². The molecule has 1 fully saturated rings. The molecule has 0 aliphatic carbocycles. The number of pyridine rings is 1. The van der Waals surface area contributed by atoms with Gasteiger partial charge in [-0.1, -0.05) is 6.92 Å². The summed E-state index contributed by atoms with van der Waals surface area (Å²) in [5.74, 6) is 8.21. The fourth-order valence-electron chi connectivity index (χ4n) is 2.13. The zero-order chi connectivity index (χ0) is 12.1. The molecular formula is C12H19N3S2. The second-order valence-electron chi connectivity index (χ2n) is 4.24. The first-order chi connectivity index (χ1) is 8.31. The molecule has 0 saturated carbocycles. The first-order valence-corrected chi connectivity index (χ1v) is 7.99. The minimum atomic E-state index is 0.338. The Hall–Kier alpha value is -0.230. The fraction of sp³-hybridized carbons (Fsp3) is 0.583. The second-order valence-corrected chi connectivity index (χ2v) is 7.02. The van der Waals surface area contributed by atoms with Crippen molar-refractivity contribution in [2.45, 2.75) is 29.9 Å². The normalized spacial score (nSPS) is 26.7. The third kappa shape index (κ3) is 3.61. The molecule has 2 heterocycles. The van der Waals surface area contributed by atoms with E-state index in [2.05, 4.69) is 41.2 Å². The Balaban J connectivity index is 2.00. The van der Waals surface area contributed by atoms with Crippen molar-refractivity contribution in [1.29, 1.82) is 0 Å². The summed E-state index contributed by atoms with van der Waals surface area (Å²) in [6, 6.07) is 4.47. The topological polar surface area (TPSA) is 50.9 Å². The molecule has 1 aromatic heterocycles. The van der Waals surface area contributed by atoms with E-state index in [4.69, 9.17) is 5.84 Å². The summed E-state index contributed by atoms with van der Waals surface area (Å²) < 4.78 is 0. The van der Waals surface area contributed by atoms with Gasteiger partial charge >= 0.3 is 0 Å². The maximum absolute atomic E-state index is 5.73. The van der Waals surface area contributed by atoms with Crippen molar-refractivity contribution in [3.05, 3.63) is 30.1 Å². The van der Waals surface area contributed by atoms with Crippen LogP contribution in [0.5, 0.6) is 0 Å². The lowest BCUT2D eigenvalue weighted by molar-refractivity contribution is 0.501. The molecular weight excluding hydrogens is 250 g/mol. The Morgan fingerprint density at radius 1 is 1.41 bits per heavy atom. The molecule has 3 atom stereocenters. The molecule has 5 heteroatoms. The van der Waals surface area contributed by atoms with Crippen molar-refractivity contribution >= 4 is 23.5 Å². The van der Waals surface area contributed by atoms with Gasteiger partial charge in [-0.25, -0.2) is 0 Å². The highest BCUT2D eigenvalue weighted by atomic mass is 32.2. The highest BCUT2D eigenvalue weighted by Gasteiger charge is 2.29. The number of hydrogen-bond acceptors (Lipinski definition) is 5. The Labute approximate surface area is 111 Å². The van der Waals surface area contributed by atoms with E-state index in [1.165, 1.54) is 17.1 Å². The standard InChI is InChI=1S/C12H19N3S2/c1-9-12(17-7-6-16-9)11(15-13)8-10-2-4-14-5-3-10/h2-5,9,11-12,15H,6-8,13H2,1H3. The molecule has 17 heavy (non-hydrogen) atoms. The summed E-state index contributed by atoms with van der Waals surface area (Å²) in [7, 11) is 0. The Bertz CT molecular complexity index is 334. The number of aromatic nitrogens is 1. The average molecular weight is 269 g/mol. The monoisotopic (exact) mass is 269 g/mol. The minimum Gasteiger partial charge on any atom is -0.271 e. The van der Waals surface area contributed by atoms with Gasteiger partial charge in [0.1, 0.15) is 0 Å². The van der Waals surface area contributed by atoms with Crippen LogP contribution in [0.15, 0.2) is 24.5 Å². The lowest BCUT2D eigenvalue weighted by Crippen LogP contribution is -2.48. The van der Waals surface area contributed by atoms with Gasteiger partial charge in [0.05, 0.1) is 0 Å². The zero-order valence-corrected chi connectivity index (χ0v) is 11.6. The van der Waals surface area contributed by atoms with Crippen LogP contribution in [0.1, 0.15) is 12.5 Å². The van der Waals surface area contributed by atoms with E-state index in [1.54, 1.807) is 0 Å². The van der Waals surface area contributed by atoms with Crippen molar-refractivity contribution in [2.24, 2.45) is 5.84 Å². The van der Waals surface area contributed by atoms with Gasteiger partial charge in [0.25, 0.3) is 0 Å². The summed E-state index contributed by atoms with van der Waals surface area (Å²) in [5.41, 5.74) is 4.29. The van der Waals surface area contributed by atoms with E-state index in [1.807, 2.05) is 24.2 Å². The molecule has 2 rings (SSSR count). The number of nitrogens with one attached hydrogen (secondary N) is 1. The SMILES string of the molecule is CC1SCCSC1C(Cc1ccncc1)NN. The summed E-state index contributed by atoms with van der Waals surface area (Å²) in [6.07, 6.45) is 4.66. The zero-order valence-electron chi connectivity index (χ0n) is 10.0. The molecule has 94 valence electrons. The van der Waals surface area contributed by atoms with Gasteiger partial charge < -0.3 is 0 Å². The summed E-state index contributed by atoms with van der Waals surface area (Å²) >= 11 is 4.10. The molecule has 3 nitrogen and oxygen atoms in total. The number of rotatable bonds is 4. The maximum Gasteiger partial charge on any atom is 0.0380 e. The van der Waals surface area contributed by atoms with Crippen LogP contribution in [-0.4, -0.2) is 33.0 Å². The quantitative estimate of drug-likeness (QED) is 0.643. The third-order valence-corrected chi connectivity index (χ3v) is 6.30. The molecule has 0 amide bonds. The smallest absolute Gasteiger partial charge is 0.0380 e. The van der Waals surface area contributed by atoms with E-state index in [0.717, 1.165) is 6.42 Å². The van der Waals surface area contributed by atoms with E-state index >= 15 is 0 Å². The van der Waals surface area contributed by atoms with Crippen molar-refractivity contribution in [3.63, 3.8) is 0 Å². The molecule has 1 aromatic rings. The van der Waals surface area contributed by atoms with Crippen LogP contribution in [0.25, 0.3) is 0 Å². The molecule has 1 saturated heterocycles. The molecule has 0 bridgehead atoms. The highest BCUT2D eigenvalue weighted by molar-refractivity contribution is 8.07. The van der Waals surface area contributed by atoms with Gasteiger partial charge in [-0.05, 0) is 24.1 Å². The molecule has 1 aliphatic rings. The first kappa shape index (κ1) is 13.2. The van der Waals surface area contributed by atoms with E-state index in [-0.39, 0.29) is 0 Å². The second kappa shape index (κ2) is 6.64. The molecule has 0 aromatic carbocycles. The summed E-state index contributed by atoms with van der Waals surface area (Å²) in [5, 5.41) is 1.25. The number of nitrogens with zero attached hydrogens (tertiary/aromatic N) is 1. The maximum atomic E-state index is 5.73. The Kier molecular flexibility index (Phi) is 5.16. The molecule has 3 N–H and O–H groups in total. The lowest BCUT2D eigenvalue weighted by Gasteiger charge is -2.34. The van der Waals surface area contributed by atoms with Crippen LogP contribution in [0, 0.1) is 0 Å². The van der Waals surface area contributed by atoms with Crippen LogP contribution >= 0.6 is 23.5 Å². The van der Waals surface area contributed by atoms with E-state index < -0.39 is 0 Å². The van der Waals surface area contributed by atoms with E-state index in [9.17, 15) is 0 Å². The van der Waals surface area contributed by atoms with Gasteiger partial charge in [0, 0.05) is 40.4 Å². The van der Waals surface area contributed by atoms with Crippen molar-refractivity contribution in [3.8, 4) is 0 Å².